The van der Waals surface area contributed by atoms with Gasteiger partial charge >= 0.3 is 5.97 Å². The van der Waals surface area contributed by atoms with E-state index >= 15 is 0 Å². The van der Waals surface area contributed by atoms with Gasteiger partial charge in [0.2, 0.25) is 0 Å². The molecule has 0 aliphatic heterocycles. The van der Waals surface area contributed by atoms with Crippen molar-refractivity contribution >= 4 is 5.97 Å². The second kappa shape index (κ2) is 6.65. The third-order valence-electron chi connectivity index (χ3n) is 2.74. The molecule has 5 heteroatoms. The maximum atomic E-state index is 11.9. The molecule has 2 aromatic rings. The van der Waals surface area contributed by atoms with E-state index in [1.54, 1.807) is 19.1 Å². The summed E-state index contributed by atoms with van der Waals surface area (Å²) in [5, 5.41) is 18.8. The second-order valence-corrected chi connectivity index (χ2v) is 4.54. The molecule has 0 aliphatic rings. The molecule has 0 saturated carbocycles. The average Bonchev–Trinajstić information content (AvgIpc) is 2.46. The van der Waals surface area contributed by atoms with Crippen molar-refractivity contribution in [1.82, 2.24) is 0 Å². The van der Waals surface area contributed by atoms with Gasteiger partial charge in [0.25, 0.3) is 0 Å². The fourth-order valence-electron chi connectivity index (χ4n) is 1.70. The normalized spacial score (nSPS) is 11.7. The van der Waals surface area contributed by atoms with E-state index in [9.17, 15) is 15.0 Å². The Hall–Kier alpha value is -2.69. The molecule has 21 heavy (non-hydrogen) atoms. The Morgan fingerprint density at radius 2 is 1.86 bits per heavy atom. The molecule has 0 fully saturated rings. The Morgan fingerprint density at radius 3 is 2.52 bits per heavy atom. The Labute approximate surface area is 122 Å². The Balaban J connectivity index is 1.90. The summed E-state index contributed by atoms with van der Waals surface area (Å²) in [6.07, 6.45) is -0.481. The lowest BCUT2D eigenvalue weighted by atomic mass is 10.2. The van der Waals surface area contributed by atoms with Gasteiger partial charge in [-0.3, -0.25) is 0 Å². The molecule has 0 radical (unpaired) electrons. The van der Waals surface area contributed by atoms with Gasteiger partial charge in [-0.05, 0) is 31.2 Å². The number of hydrogen-bond donors (Lipinski definition) is 2. The van der Waals surface area contributed by atoms with Gasteiger partial charge in [0.15, 0.2) is 0 Å². The average molecular weight is 288 g/mol. The summed E-state index contributed by atoms with van der Waals surface area (Å²) >= 11 is 0. The highest BCUT2D eigenvalue weighted by Crippen LogP contribution is 2.23. The first-order valence-electron chi connectivity index (χ1n) is 6.47. The molecule has 2 aromatic carbocycles. The number of ether oxygens (including phenoxy) is 2. The molecule has 1 unspecified atom stereocenters. The number of phenolic OH excluding ortho intramolecular Hbond substituents is 2. The number of carbonyl (C=O) groups excluding carboxylic acids is 1. The zero-order valence-electron chi connectivity index (χ0n) is 11.5. The molecule has 0 aliphatic carbocycles. The fourth-order valence-corrected chi connectivity index (χ4v) is 1.70. The first-order valence-corrected chi connectivity index (χ1v) is 6.47. The highest BCUT2D eigenvalue weighted by atomic mass is 16.6. The molecular formula is C16H16O5. The van der Waals surface area contributed by atoms with E-state index in [0.717, 1.165) is 6.07 Å². The first kappa shape index (κ1) is 14.7. The van der Waals surface area contributed by atoms with E-state index in [1.165, 1.54) is 12.1 Å². The summed E-state index contributed by atoms with van der Waals surface area (Å²) in [7, 11) is 0. The van der Waals surface area contributed by atoms with E-state index in [2.05, 4.69) is 0 Å². The summed E-state index contributed by atoms with van der Waals surface area (Å²) in [5.74, 6) is -0.426. The SMILES string of the molecule is CC(COc1ccccc1)OC(=O)c1ccc(O)cc1O. The van der Waals surface area contributed by atoms with Gasteiger partial charge in [-0.1, -0.05) is 18.2 Å². The molecule has 0 heterocycles. The number of aromatic hydroxyl groups is 2. The van der Waals surface area contributed by atoms with Gasteiger partial charge in [-0.25, -0.2) is 4.79 Å². The molecule has 0 spiro atoms. The maximum Gasteiger partial charge on any atom is 0.342 e. The van der Waals surface area contributed by atoms with E-state index in [1.807, 2.05) is 18.2 Å². The van der Waals surface area contributed by atoms with Crippen LogP contribution in [-0.2, 0) is 4.74 Å². The van der Waals surface area contributed by atoms with Gasteiger partial charge in [0.05, 0.1) is 0 Å². The van der Waals surface area contributed by atoms with E-state index in [0.29, 0.717) is 5.75 Å². The predicted octanol–water partition coefficient (Wildman–Crippen LogP) is 2.72. The Morgan fingerprint density at radius 1 is 1.14 bits per heavy atom. The number of rotatable bonds is 5. The monoisotopic (exact) mass is 288 g/mol. The van der Waals surface area contributed by atoms with Crippen molar-refractivity contribution in [2.24, 2.45) is 0 Å². The molecule has 0 aromatic heterocycles. The van der Waals surface area contributed by atoms with Crippen molar-refractivity contribution < 1.29 is 24.5 Å². The van der Waals surface area contributed by atoms with Crippen LogP contribution in [0.2, 0.25) is 0 Å². The van der Waals surface area contributed by atoms with Gasteiger partial charge in [0, 0.05) is 6.07 Å². The molecule has 0 amide bonds. The van der Waals surface area contributed by atoms with Crippen LogP contribution in [0.1, 0.15) is 17.3 Å². The van der Waals surface area contributed by atoms with Crippen molar-refractivity contribution in [2.75, 3.05) is 6.61 Å². The van der Waals surface area contributed by atoms with E-state index < -0.39 is 12.1 Å². The van der Waals surface area contributed by atoms with Gasteiger partial charge in [-0.2, -0.15) is 0 Å². The summed E-state index contributed by atoms with van der Waals surface area (Å²) in [6.45, 7) is 1.90. The Bertz CT molecular complexity index is 609. The van der Waals surface area contributed by atoms with Crippen LogP contribution < -0.4 is 4.74 Å². The summed E-state index contributed by atoms with van der Waals surface area (Å²) in [4.78, 5) is 11.9. The number of hydrogen-bond acceptors (Lipinski definition) is 5. The van der Waals surface area contributed by atoms with Crippen LogP contribution in [0.4, 0.5) is 0 Å². The Kier molecular flexibility index (Phi) is 4.66. The maximum absolute atomic E-state index is 11.9. The highest BCUT2D eigenvalue weighted by Gasteiger charge is 2.16. The summed E-state index contributed by atoms with van der Waals surface area (Å²) < 4.78 is 10.6. The van der Waals surface area contributed by atoms with Crippen LogP contribution in [0.5, 0.6) is 17.2 Å². The van der Waals surface area contributed by atoms with Crippen molar-refractivity contribution in [3.63, 3.8) is 0 Å². The third kappa shape index (κ3) is 4.14. The highest BCUT2D eigenvalue weighted by molar-refractivity contribution is 5.92. The standard InChI is InChI=1S/C16H16O5/c1-11(10-20-13-5-3-2-4-6-13)21-16(19)14-8-7-12(17)9-15(14)18/h2-9,11,17-18H,10H2,1H3. The van der Waals surface area contributed by atoms with Crippen molar-refractivity contribution in [2.45, 2.75) is 13.0 Å². The third-order valence-corrected chi connectivity index (χ3v) is 2.74. The number of para-hydroxylation sites is 1. The van der Waals surface area contributed by atoms with Crippen LogP contribution in [0.15, 0.2) is 48.5 Å². The topological polar surface area (TPSA) is 76.0 Å². The van der Waals surface area contributed by atoms with Crippen molar-refractivity contribution in [1.29, 1.82) is 0 Å². The van der Waals surface area contributed by atoms with Crippen LogP contribution in [0, 0.1) is 0 Å². The van der Waals surface area contributed by atoms with Crippen LogP contribution >= 0.6 is 0 Å². The molecule has 5 nitrogen and oxygen atoms in total. The molecular weight excluding hydrogens is 272 g/mol. The molecule has 110 valence electrons. The fraction of sp³-hybridized carbons (Fsp3) is 0.188. The van der Waals surface area contributed by atoms with Gasteiger partial charge in [-0.15, -0.1) is 0 Å². The smallest absolute Gasteiger partial charge is 0.342 e. The molecule has 1 atom stereocenters. The zero-order chi connectivity index (χ0) is 15.2. The molecule has 2 N–H and O–H groups in total. The zero-order valence-corrected chi connectivity index (χ0v) is 11.5. The second-order valence-electron chi connectivity index (χ2n) is 4.54. The van der Waals surface area contributed by atoms with Crippen LogP contribution in [0.3, 0.4) is 0 Å². The lowest BCUT2D eigenvalue weighted by Gasteiger charge is -2.15. The first-order chi connectivity index (χ1) is 10.1. The minimum atomic E-state index is -0.670. The lowest BCUT2D eigenvalue weighted by molar-refractivity contribution is 0.0226. The quantitative estimate of drug-likeness (QED) is 0.827. The van der Waals surface area contributed by atoms with Crippen molar-refractivity contribution in [3.05, 3.63) is 54.1 Å². The summed E-state index contributed by atoms with van der Waals surface area (Å²) in [5.41, 5.74) is -0.000592. The van der Waals surface area contributed by atoms with E-state index in [-0.39, 0.29) is 23.7 Å². The van der Waals surface area contributed by atoms with Gasteiger partial charge < -0.3 is 19.7 Å². The minimum absolute atomic E-state index is 0.000592. The number of phenols is 2. The predicted molar refractivity (Wildman–Crippen MR) is 76.6 cm³/mol. The minimum Gasteiger partial charge on any atom is -0.508 e. The van der Waals surface area contributed by atoms with Crippen LogP contribution in [-0.4, -0.2) is 28.9 Å². The largest absolute Gasteiger partial charge is 0.508 e. The number of esters is 1. The number of carbonyl (C=O) groups is 1. The van der Waals surface area contributed by atoms with Gasteiger partial charge in [0.1, 0.15) is 35.5 Å². The van der Waals surface area contributed by atoms with Crippen LogP contribution in [0.25, 0.3) is 0 Å². The lowest BCUT2D eigenvalue weighted by Crippen LogP contribution is -2.22. The molecule has 0 saturated heterocycles. The molecule has 0 bridgehead atoms. The summed E-state index contributed by atoms with van der Waals surface area (Å²) in [6, 6.07) is 12.9. The number of benzene rings is 2. The molecule has 2 rings (SSSR count). The van der Waals surface area contributed by atoms with Crippen molar-refractivity contribution in [3.8, 4) is 17.2 Å². The van der Waals surface area contributed by atoms with E-state index in [4.69, 9.17) is 9.47 Å².